The van der Waals surface area contributed by atoms with E-state index in [2.05, 4.69) is 15.4 Å². The van der Waals surface area contributed by atoms with Gasteiger partial charge in [0.1, 0.15) is 0 Å². The zero-order valence-corrected chi connectivity index (χ0v) is 8.77. The molecule has 5 heteroatoms. The van der Waals surface area contributed by atoms with E-state index >= 15 is 0 Å². The van der Waals surface area contributed by atoms with Gasteiger partial charge in [-0.2, -0.15) is 5.10 Å². The van der Waals surface area contributed by atoms with Gasteiger partial charge in [0.15, 0.2) is 5.54 Å². The Balaban J connectivity index is 2.02. The Morgan fingerprint density at radius 2 is 2.33 bits per heavy atom. The average Bonchev–Trinajstić information content (AvgIpc) is 2.77. The van der Waals surface area contributed by atoms with E-state index in [-0.39, 0.29) is 12.0 Å². The first kappa shape index (κ1) is 9.15. The molecule has 1 N–H and O–H groups in total. The van der Waals surface area contributed by atoms with Gasteiger partial charge in [-0.1, -0.05) is 0 Å². The van der Waals surface area contributed by atoms with Gasteiger partial charge >= 0.3 is 5.97 Å². The number of nitrogens with zero attached hydrogens (tertiary/aromatic N) is 2. The Labute approximate surface area is 88.5 Å². The lowest BCUT2D eigenvalue weighted by molar-refractivity contribution is -0.159. The van der Waals surface area contributed by atoms with Crippen LogP contribution in [0, 0.1) is 5.92 Å². The third-order valence-corrected chi connectivity index (χ3v) is 4.02. The number of carbonyl (C=O) groups excluding carboxylic acids is 1. The molecule has 2 atom stereocenters. The van der Waals surface area contributed by atoms with Crippen LogP contribution < -0.4 is 5.43 Å². The highest BCUT2D eigenvalue weighted by molar-refractivity contribution is 5.90. The molecule has 15 heavy (non-hydrogen) atoms. The molecule has 4 rings (SSSR count). The van der Waals surface area contributed by atoms with Crippen molar-refractivity contribution < 1.29 is 9.53 Å². The van der Waals surface area contributed by atoms with Crippen LogP contribution in [-0.2, 0) is 9.53 Å². The summed E-state index contributed by atoms with van der Waals surface area (Å²) in [6.07, 6.45) is 3.96. The zero-order chi connectivity index (χ0) is 10.5. The average molecular weight is 209 g/mol. The molecule has 5 nitrogen and oxygen atoms in total. The van der Waals surface area contributed by atoms with Crippen molar-refractivity contribution in [2.24, 2.45) is 11.0 Å². The van der Waals surface area contributed by atoms with E-state index in [1.165, 1.54) is 7.11 Å². The lowest BCUT2D eigenvalue weighted by Crippen LogP contribution is -2.72. The van der Waals surface area contributed by atoms with Crippen molar-refractivity contribution in [3.63, 3.8) is 0 Å². The van der Waals surface area contributed by atoms with E-state index in [9.17, 15) is 4.79 Å². The molecule has 0 saturated carbocycles. The maximum atomic E-state index is 12.0. The molecule has 3 saturated heterocycles. The van der Waals surface area contributed by atoms with E-state index in [4.69, 9.17) is 4.74 Å². The summed E-state index contributed by atoms with van der Waals surface area (Å²) in [6, 6.07) is 0.0949. The van der Waals surface area contributed by atoms with Crippen molar-refractivity contribution in [1.29, 1.82) is 0 Å². The van der Waals surface area contributed by atoms with Crippen molar-refractivity contribution in [2.75, 3.05) is 20.2 Å². The minimum Gasteiger partial charge on any atom is -0.467 e. The number of rotatable bonds is 1. The topological polar surface area (TPSA) is 53.9 Å². The molecule has 3 fully saturated rings. The number of hydrogen-bond acceptors (Lipinski definition) is 5. The monoisotopic (exact) mass is 209 g/mol. The molecule has 2 bridgehead atoms. The van der Waals surface area contributed by atoms with Crippen molar-refractivity contribution in [3.8, 4) is 0 Å². The highest BCUT2D eigenvalue weighted by Crippen LogP contribution is 2.42. The summed E-state index contributed by atoms with van der Waals surface area (Å²) in [5.41, 5.74) is 2.42. The SMILES string of the molecule is COC(=O)C12NN=CC1N1CCC2CC1. The van der Waals surface area contributed by atoms with Crippen LogP contribution in [-0.4, -0.2) is 48.9 Å². The Kier molecular flexibility index (Phi) is 1.80. The Hall–Kier alpha value is -1.10. The molecule has 0 aliphatic carbocycles. The van der Waals surface area contributed by atoms with Crippen LogP contribution in [0.3, 0.4) is 0 Å². The molecule has 0 spiro atoms. The second kappa shape index (κ2) is 2.95. The minimum atomic E-state index is -0.592. The molecule has 0 aromatic heterocycles. The third-order valence-electron chi connectivity index (χ3n) is 4.02. The number of esters is 1. The van der Waals surface area contributed by atoms with Gasteiger partial charge in [-0.3, -0.25) is 10.3 Å². The first-order valence-electron chi connectivity index (χ1n) is 5.42. The van der Waals surface area contributed by atoms with Gasteiger partial charge in [-0.05, 0) is 31.8 Å². The number of methoxy groups -OCH3 is 1. The summed E-state index contributed by atoms with van der Waals surface area (Å²) in [6.45, 7) is 2.14. The number of hydrogen-bond donors (Lipinski definition) is 1. The van der Waals surface area contributed by atoms with E-state index in [0.717, 1.165) is 25.9 Å². The molecule has 4 aliphatic heterocycles. The highest BCUT2D eigenvalue weighted by Gasteiger charge is 2.61. The highest BCUT2D eigenvalue weighted by atomic mass is 16.5. The van der Waals surface area contributed by atoms with Gasteiger partial charge in [-0.25, -0.2) is 4.79 Å². The summed E-state index contributed by atoms with van der Waals surface area (Å²) in [5.74, 6) is 0.196. The maximum absolute atomic E-state index is 12.0. The second-order valence-electron chi connectivity index (χ2n) is 4.51. The lowest BCUT2D eigenvalue weighted by atomic mass is 9.69. The quantitative estimate of drug-likeness (QED) is 0.596. The van der Waals surface area contributed by atoms with Gasteiger partial charge in [0, 0.05) is 6.21 Å². The molecule has 0 radical (unpaired) electrons. The first-order chi connectivity index (χ1) is 7.29. The predicted octanol–water partition coefficient (Wildman–Crippen LogP) is -0.419. The molecular weight excluding hydrogens is 194 g/mol. The Morgan fingerprint density at radius 1 is 1.60 bits per heavy atom. The first-order valence-corrected chi connectivity index (χ1v) is 5.42. The summed E-state index contributed by atoms with van der Waals surface area (Å²) < 4.78 is 4.94. The molecule has 4 aliphatic rings. The van der Waals surface area contributed by atoms with Gasteiger partial charge in [-0.15, -0.1) is 0 Å². The number of carbonyl (C=O) groups is 1. The summed E-state index contributed by atoms with van der Waals surface area (Å²) in [4.78, 5) is 14.3. The van der Waals surface area contributed by atoms with Crippen LogP contribution in [0.5, 0.6) is 0 Å². The van der Waals surface area contributed by atoms with Gasteiger partial charge < -0.3 is 4.74 Å². The number of fused-ring (bicyclic) bond motifs is 2. The standard InChI is InChI=1S/C10H15N3O2/c1-15-9(14)10-7-2-4-13(5-3-7)8(10)6-11-12-10/h6-8,12H,2-5H2,1H3. The molecule has 4 heterocycles. The smallest absolute Gasteiger partial charge is 0.335 e. The van der Waals surface area contributed by atoms with E-state index in [1.54, 1.807) is 0 Å². The van der Waals surface area contributed by atoms with Crippen LogP contribution in [0.2, 0.25) is 0 Å². The van der Waals surface area contributed by atoms with Crippen LogP contribution in [0.15, 0.2) is 5.10 Å². The molecule has 0 aromatic carbocycles. The van der Waals surface area contributed by atoms with Crippen LogP contribution in [0.1, 0.15) is 12.8 Å². The number of nitrogens with one attached hydrogen (secondary N) is 1. The van der Waals surface area contributed by atoms with Crippen molar-refractivity contribution in [2.45, 2.75) is 24.4 Å². The minimum absolute atomic E-state index is 0.0949. The molecule has 0 amide bonds. The maximum Gasteiger partial charge on any atom is 0.335 e. The molecule has 2 unspecified atom stereocenters. The van der Waals surface area contributed by atoms with E-state index < -0.39 is 5.54 Å². The van der Waals surface area contributed by atoms with Crippen LogP contribution in [0.4, 0.5) is 0 Å². The van der Waals surface area contributed by atoms with E-state index in [0.29, 0.717) is 5.92 Å². The fourth-order valence-corrected chi connectivity index (χ4v) is 3.25. The fourth-order valence-electron chi connectivity index (χ4n) is 3.25. The van der Waals surface area contributed by atoms with Gasteiger partial charge in [0.05, 0.1) is 13.2 Å². The Morgan fingerprint density at radius 3 is 3.00 bits per heavy atom. The third kappa shape index (κ3) is 0.963. The van der Waals surface area contributed by atoms with E-state index in [1.807, 2.05) is 6.21 Å². The van der Waals surface area contributed by atoms with Crippen LogP contribution >= 0.6 is 0 Å². The van der Waals surface area contributed by atoms with Crippen molar-refractivity contribution in [1.82, 2.24) is 10.3 Å². The number of hydrazone groups is 1. The zero-order valence-electron chi connectivity index (χ0n) is 8.77. The van der Waals surface area contributed by atoms with Crippen molar-refractivity contribution >= 4 is 12.2 Å². The summed E-state index contributed by atoms with van der Waals surface area (Å²) >= 11 is 0. The molecule has 0 aromatic rings. The van der Waals surface area contributed by atoms with Gasteiger partial charge in [0.2, 0.25) is 0 Å². The summed E-state index contributed by atoms with van der Waals surface area (Å²) in [5, 5.41) is 4.09. The fraction of sp³-hybridized carbons (Fsp3) is 0.800. The largest absolute Gasteiger partial charge is 0.467 e. The normalized spacial score (nSPS) is 46.1. The van der Waals surface area contributed by atoms with Crippen LogP contribution in [0.25, 0.3) is 0 Å². The summed E-state index contributed by atoms with van der Waals surface area (Å²) in [7, 11) is 1.45. The Bertz CT molecular complexity index is 323. The molecule has 82 valence electrons. The number of ether oxygens (including phenoxy) is 1. The molecular formula is C10H15N3O2. The lowest BCUT2D eigenvalue weighted by Gasteiger charge is -2.52. The van der Waals surface area contributed by atoms with Crippen molar-refractivity contribution in [3.05, 3.63) is 0 Å². The predicted molar refractivity (Wildman–Crippen MR) is 54.5 cm³/mol. The van der Waals surface area contributed by atoms with Gasteiger partial charge in [0.25, 0.3) is 0 Å². The number of piperidine rings is 3. The second-order valence-corrected chi connectivity index (χ2v) is 4.51.